The van der Waals surface area contributed by atoms with E-state index in [1.807, 2.05) is 36.4 Å². The van der Waals surface area contributed by atoms with Gasteiger partial charge in [0.1, 0.15) is 11.1 Å². The molecule has 132 valence electrons. The van der Waals surface area contributed by atoms with Crippen LogP contribution in [0.3, 0.4) is 0 Å². The third-order valence-electron chi connectivity index (χ3n) is 4.59. The molecule has 1 aliphatic carbocycles. The quantitative estimate of drug-likeness (QED) is 0.494. The summed E-state index contributed by atoms with van der Waals surface area (Å²) in [5.41, 5.74) is 5.75. The lowest BCUT2D eigenvalue weighted by molar-refractivity contribution is 0.221. The van der Waals surface area contributed by atoms with Gasteiger partial charge in [-0.1, -0.05) is 51.1 Å². The molecule has 1 aromatic heterocycles. The van der Waals surface area contributed by atoms with Gasteiger partial charge in [0.2, 0.25) is 0 Å². The number of aromatic nitrogens is 1. The first-order valence-corrected chi connectivity index (χ1v) is 9.51. The van der Waals surface area contributed by atoms with Crippen molar-refractivity contribution in [1.29, 1.82) is 0 Å². The van der Waals surface area contributed by atoms with Crippen LogP contribution >= 0.6 is 11.3 Å². The van der Waals surface area contributed by atoms with Crippen molar-refractivity contribution in [1.82, 2.24) is 4.98 Å². The minimum absolute atomic E-state index is 0.00565. The van der Waals surface area contributed by atoms with Crippen molar-refractivity contribution in [3.8, 4) is 21.7 Å². The van der Waals surface area contributed by atoms with Crippen LogP contribution in [0.15, 0.2) is 64.8 Å². The fourth-order valence-electron chi connectivity index (χ4n) is 3.13. The van der Waals surface area contributed by atoms with Gasteiger partial charge in [-0.3, -0.25) is 0 Å². The van der Waals surface area contributed by atoms with E-state index in [0.717, 1.165) is 38.5 Å². The Morgan fingerprint density at radius 2 is 1.85 bits per heavy atom. The minimum atomic E-state index is -0.715. The zero-order valence-corrected chi connectivity index (χ0v) is 15.9. The molecule has 1 unspecified atom stereocenters. The van der Waals surface area contributed by atoms with Gasteiger partial charge in [0.05, 0.1) is 18.2 Å². The highest BCUT2D eigenvalue weighted by molar-refractivity contribution is 7.13. The van der Waals surface area contributed by atoms with Crippen LogP contribution in [0.2, 0.25) is 0 Å². The Morgan fingerprint density at radius 3 is 2.54 bits per heavy atom. The lowest BCUT2D eigenvalue weighted by Crippen LogP contribution is -2.11. The van der Waals surface area contributed by atoms with E-state index in [9.17, 15) is 5.11 Å². The lowest BCUT2D eigenvalue weighted by Gasteiger charge is -2.15. The molecule has 26 heavy (non-hydrogen) atoms. The van der Waals surface area contributed by atoms with E-state index >= 15 is 0 Å². The van der Waals surface area contributed by atoms with Crippen LogP contribution in [0.4, 0.5) is 0 Å². The third-order valence-corrected chi connectivity index (χ3v) is 5.47. The van der Waals surface area contributed by atoms with E-state index in [1.54, 1.807) is 23.9 Å². The van der Waals surface area contributed by atoms with Crippen molar-refractivity contribution in [3.63, 3.8) is 0 Å². The van der Waals surface area contributed by atoms with Crippen molar-refractivity contribution >= 4 is 11.3 Å². The molecule has 0 bridgehead atoms. The fraction of sp³-hybridized carbons (Fsp3) is 0.227. The normalized spacial score (nSPS) is 13.2. The summed E-state index contributed by atoms with van der Waals surface area (Å²) < 4.78 is 5.34. The molecule has 0 fully saturated rings. The first kappa shape index (κ1) is 17.0. The van der Waals surface area contributed by atoms with Gasteiger partial charge in [-0.05, 0) is 23.3 Å². The SMILES string of the molecule is CC(C)(C)c1csc(-c2cc3coccc-3c2C(O)c2ccccc2)n1. The van der Waals surface area contributed by atoms with Crippen molar-refractivity contribution in [3.05, 3.63) is 77.2 Å². The Bertz CT molecular complexity index is 994. The third kappa shape index (κ3) is 2.96. The average Bonchev–Trinajstić information content (AvgIpc) is 3.26. The molecule has 1 aliphatic heterocycles. The zero-order chi connectivity index (χ0) is 18.3. The number of benzene rings is 1. The van der Waals surface area contributed by atoms with Crippen LogP contribution in [0.25, 0.3) is 21.7 Å². The molecule has 0 saturated carbocycles. The molecular weight excluding hydrogens is 342 g/mol. The monoisotopic (exact) mass is 363 g/mol. The molecule has 0 radical (unpaired) electrons. The maximum Gasteiger partial charge on any atom is 0.124 e. The van der Waals surface area contributed by atoms with Crippen LogP contribution in [0, 0.1) is 0 Å². The highest BCUT2D eigenvalue weighted by Crippen LogP contribution is 2.44. The Hall–Kier alpha value is -2.43. The molecule has 0 spiro atoms. The van der Waals surface area contributed by atoms with E-state index in [0.29, 0.717) is 0 Å². The Balaban J connectivity index is 1.90. The molecule has 2 aliphatic rings. The van der Waals surface area contributed by atoms with E-state index in [-0.39, 0.29) is 5.41 Å². The number of hydrogen-bond donors (Lipinski definition) is 1. The summed E-state index contributed by atoms with van der Waals surface area (Å²) in [4.78, 5) is 4.86. The molecule has 2 aromatic rings. The smallest absolute Gasteiger partial charge is 0.124 e. The number of fused-ring (bicyclic) bond motifs is 1. The van der Waals surface area contributed by atoms with Gasteiger partial charge >= 0.3 is 0 Å². The average molecular weight is 363 g/mol. The first-order valence-electron chi connectivity index (χ1n) is 8.63. The van der Waals surface area contributed by atoms with Crippen LogP contribution in [-0.4, -0.2) is 10.1 Å². The van der Waals surface area contributed by atoms with Crippen molar-refractivity contribution in [2.45, 2.75) is 32.3 Å². The van der Waals surface area contributed by atoms with Crippen molar-refractivity contribution in [2.75, 3.05) is 0 Å². The predicted octanol–water partition coefficient (Wildman–Crippen LogP) is 5.89. The van der Waals surface area contributed by atoms with E-state index in [1.165, 1.54) is 0 Å². The molecule has 0 saturated heterocycles. The van der Waals surface area contributed by atoms with Gasteiger partial charge < -0.3 is 9.52 Å². The molecule has 1 atom stereocenters. The lowest BCUT2D eigenvalue weighted by atomic mass is 9.93. The summed E-state index contributed by atoms with van der Waals surface area (Å²) in [7, 11) is 0. The Morgan fingerprint density at radius 1 is 1.08 bits per heavy atom. The number of nitrogens with zero attached hydrogens (tertiary/aromatic N) is 1. The summed E-state index contributed by atoms with van der Waals surface area (Å²) >= 11 is 1.62. The highest BCUT2D eigenvalue weighted by atomic mass is 32.1. The van der Waals surface area contributed by atoms with Gasteiger partial charge in [0, 0.05) is 27.5 Å². The second-order valence-electron chi connectivity index (χ2n) is 7.50. The van der Waals surface area contributed by atoms with Crippen LogP contribution in [0.5, 0.6) is 0 Å². The van der Waals surface area contributed by atoms with E-state index in [4.69, 9.17) is 9.40 Å². The zero-order valence-electron chi connectivity index (χ0n) is 15.1. The Labute approximate surface area is 157 Å². The summed E-state index contributed by atoms with van der Waals surface area (Å²) in [5, 5.41) is 14.2. The van der Waals surface area contributed by atoms with Crippen LogP contribution in [0.1, 0.15) is 43.7 Å². The number of thiazole rings is 1. The molecule has 1 aromatic carbocycles. The molecule has 3 nitrogen and oxygen atoms in total. The van der Waals surface area contributed by atoms with Crippen molar-refractivity contribution < 1.29 is 9.52 Å². The molecule has 4 rings (SSSR count). The summed E-state index contributed by atoms with van der Waals surface area (Å²) in [5.74, 6) is 0. The summed E-state index contributed by atoms with van der Waals surface area (Å²) in [6.45, 7) is 6.48. The largest absolute Gasteiger partial charge is 0.472 e. The number of hydrogen-bond acceptors (Lipinski definition) is 4. The molecule has 2 heterocycles. The van der Waals surface area contributed by atoms with Gasteiger partial charge in [-0.25, -0.2) is 4.98 Å². The van der Waals surface area contributed by atoms with Crippen molar-refractivity contribution in [2.24, 2.45) is 0 Å². The summed E-state index contributed by atoms with van der Waals surface area (Å²) in [6, 6.07) is 13.7. The number of aliphatic hydroxyl groups is 1. The van der Waals surface area contributed by atoms with Gasteiger partial charge in [-0.2, -0.15) is 0 Å². The second kappa shape index (κ2) is 6.38. The fourth-order valence-corrected chi connectivity index (χ4v) is 4.21. The summed E-state index contributed by atoms with van der Waals surface area (Å²) in [6.07, 6.45) is 2.65. The van der Waals surface area contributed by atoms with E-state index in [2.05, 4.69) is 32.2 Å². The molecule has 0 amide bonds. The van der Waals surface area contributed by atoms with Crippen LogP contribution < -0.4 is 0 Å². The van der Waals surface area contributed by atoms with Gasteiger partial charge in [0.25, 0.3) is 0 Å². The molecule has 4 heteroatoms. The van der Waals surface area contributed by atoms with Crippen LogP contribution in [-0.2, 0) is 5.41 Å². The maximum absolute atomic E-state index is 11.1. The molecule has 1 N–H and O–H groups in total. The molecular formula is C22H21NO2S. The maximum atomic E-state index is 11.1. The topological polar surface area (TPSA) is 46.3 Å². The highest BCUT2D eigenvalue weighted by Gasteiger charge is 2.27. The number of aliphatic hydroxyl groups excluding tert-OH is 1. The predicted molar refractivity (Wildman–Crippen MR) is 106 cm³/mol. The number of rotatable bonds is 3. The minimum Gasteiger partial charge on any atom is -0.472 e. The standard InChI is InChI=1S/C22H21NO2S/c1-22(2,3)18-13-26-21(23-18)17-11-15-12-25-10-9-16(15)19(17)20(24)14-7-5-4-6-8-14/h4-13,20,24H,1-3H3. The van der Waals surface area contributed by atoms with Gasteiger partial charge in [0.15, 0.2) is 0 Å². The first-order chi connectivity index (χ1) is 12.4. The van der Waals surface area contributed by atoms with E-state index < -0.39 is 6.10 Å². The van der Waals surface area contributed by atoms with Gasteiger partial charge in [-0.15, -0.1) is 11.3 Å². The Kier molecular flexibility index (Phi) is 4.17. The second-order valence-corrected chi connectivity index (χ2v) is 8.36.